The molecule has 2 aromatic rings. The maximum atomic E-state index is 13.5. The van der Waals surface area contributed by atoms with Crippen molar-refractivity contribution < 1.29 is 33.8 Å². The number of hydrogen-bond acceptors (Lipinski definition) is 7. The first-order valence-corrected chi connectivity index (χ1v) is 12.7. The van der Waals surface area contributed by atoms with Crippen LogP contribution in [0, 0.1) is 5.82 Å². The molecule has 5 N–H and O–H groups in total. The molecule has 0 bridgehead atoms. The molecule has 37 heavy (non-hydrogen) atoms. The zero-order valence-corrected chi connectivity index (χ0v) is 21.1. The Morgan fingerprint density at radius 3 is 2.46 bits per heavy atom. The number of halogens is 1. The van der Waals surface area contributed by atoms with Gasteiger partial charge in [0.15, 0.2) is 0 Å². The minimum Gasteiger partial charge on any atom is -0.361 e. The third-order valence-electron chi connectivity index (χ3n) is 5.88. The normalized spacial score (nSPS) is 16.5. The Morgan fingerprint density at radius 1 is 1.27 bits per heavy atom. The van der Waals surface area contributed by atoms with Crippen LogP contribution in [0.5, 0.6) is 0 Å². The van der Waals surface area contributed by atoms with E-state index >= 15 is 0 Å². The van der Waals surface area contributed by atoms with Crippen molar-refractivity contribution in [2.24, 2.45) is 0 Å². The van der Waals surface area contributed by atoms with Crippen molar-refractivity contribution in [2.45, 2.75) is 31.5 Å². The van der Waals surface area contributed by atoms with Crippen molar-refractivity contribution in [2.75, 3.05) is 6.26 Å². The van der Waals surface area contributed by atoms with Crippen LogP contribution in [0.4, 0.5) is 4.39 Å². The van der Waals surface area contributed by atoms with Gasteiger partial charge in [0.25, 0.3) is 5.91 Å². The van der Waals surface area contributed by atoms with E-state index in [1.165, 1.54) is 41.4 Å². The summed E-state index contributed by atoms with van der Waals surface area (Å²) in [6.07, 6.45) is 9.11. The van der Waals surface area contributed by atoms with Crippen LogP contribution in [0.1, 0.15) is 31.0 Å². The van der Waals surface area contributed by atoms with Crippen LogP contribution in [0.3, 0.4) is 0 Å². The average molecular weight is 530 g/mol. The highest BCUT2D eigenvalue weighted by atomic mass is 32.2. The SMILES string of the molecule is C=CC(=CC(=C)S(C)=O)C(O)(NC(=O)C1=CCC(CC)=Cc2c1cnn2-c1ccc(F)cc1)C(O)(O)O. The van der Waals surface area contributed by atoms with Gasteiger partial charge in [-0.15, -0.1) is 0 Å². The number of amides is 1. The Bertz CT molecular complexity index is 1350. The Labute approximate surface area is 215 Å². The van der Waals surface area contributed by atoms with Crippen molar-refractivity contribution in [3.05, 3.63) is 95.0 Å². The fourth-order valence-corrected chi connectivity index (χ4v) is 3.99. The number of carbonyl (C=O) groups excluding carboxylic acids is 1. The first-order valence-electron chi connectivity index (χ1n) is 11.1. The monoisotopic (exact) mass is 529 g/mol. The van der Waals surface area contributed by atoms with E-state index in [4.69, 9.17) is 0 Å². The minimum absolute atomic E-state index is 0.0204. The maximum absolute atomic E-state index is 13.5. The Kier molecular flexibility index (Phi) is 8.25. The summed E-state index contributed by atoms with van der Waals surface area (Å²) in [5.41, 5.74) is -1.31. The van der Waals surface area contributed by atoms with Gasteiger partial charge in [0.2, 0.25) is 5.72 Å². The van der Waals surface area contributed by atoms with E-state index in [-0.39, 0.29) is 10.5 Å². The van der Waals surface area contributed by atoms with Crippen LogP contribution >= 0.6 is 0 Å². The second-order valence-corrected chi connectivity index (χ2v) is 9.77. The van der Waals surface area contributed by atoms with Crippen LogP contribution in [0.25, 0.3) is 17.3 Å². The van der Waals surface area contributed by atoms with Gasteiger partial charge in [0.05, 0.1) is 17.6 Å². The highest BCUT2D eigenvalue weighted by molar-refractivity contribution is 7.88. The summed E-state index contributed by atoms with van der Waals surface area (Å²) in [5, 5.41) is 47.6. The number of allylic oxidation sites excluding steroid dienone is 3. The Balaban J connectivity index is 2.10. The number of benzene rings is 1. The summed E-state index contributed by atoms with van der Waals surface area (Å²) in [4.78, 5) is 13.4. The zero-order valence-electron chi connectivity index (χ0n) is 20.3. The topological polar surface area (TPSA) is 145 Å². The highest BCUT2D eigenvalue weighted by Crippen LogP contribution is 2.32. The van der Waals surface area contributed by atoms with Crippen molar-refractivity contribution in [3.63, 3.8) is 0 Å². The second kappa shape index (κ2) is 10.9. The number of hydrogen-bond donors (Lipinski definition) is 5. The lowest BCUT2D eigenvalue weighted by Gasteiger charge is -2.37. The highest BCUT2D eigenvalue weighted by Gasteiger charge is 2.52. The Hall–Kier alpha value is -3.48. The quantitative estimate of drug-likeness (QED) is 0.247. The van der Waals surface area contributed by atoms with Gasteiger partial charge in [-0.25, -0.2) is 9.07 Å². The molecule has 1 aromatic heterocycles. The molecule has 0 saturated heterocycles. The van der Waals surface area contributed by atoms with E-state index in [9.17, 15) is 33.8 Å². The van der Waals surface area contributed by atoms with E-state index in [2.05, 4.69) is 23.6 Å². The number of aliphatic hydroxyl groups is 4. The van der Waals surface area contributed by atoms with E-state index in [0.29, 0.717) is 29.8 Å². The van der Waals surface area contributed by atoms with Gasteiger partial charge in [-0.2, -0.15) is 5.10 Å². The lowest BCUT2D eigenvalue weighted by atomic mass is 9.97. The number of rotatable bonds is 9. The van der Waals surface area contributed by atoms with Gasteiger partial charge in [-0.3, -0.25) is 9.00 Å². The number of aromatic nitrogens is 2. The maximum Gasteiger partial charge on any atom is 0.331 e. The van der Waals surface area contributed by atoms with Crippen LogP contribution < -0.4 is 5.32 Å². The van der Waals surface area contributed by atoms with Gasteiger partial charge in [-0.05, 0) is 49.3 Å². The largest absolute Gasteiger partial charge is 0.361 e. The molecule has 0 aliphatic heterocycles. The third kappa shape index (κ3) is 5.76. The molecule has 2 unspecified atom stereocenters. The van der Waals surface area contributed by atoms with Gasteiger partial charge >= 0.3 is 5.97 Å². The first-order chi connectivity index (χ1) is 17.3. The van der Waals surface area contributed by atoms with Crippen molar-refractivity contribution in [1.29, 1.82) is 0 Å². The van der Waals surface area contributed by atoms with Crippen molar-refractivity contribution in [3.8, 4) is 5.69 Å². The number of carbonyl (C=O) groups is 1. The lowest BCUT2D eigenvalue weighted by Crippen LogP contribution is -2.65. The molecule has 0 radical (unpaired) electrons. The van der Waals surface area contributed by atoms with Crippen LogP contribution in [0.15, 0.2) is 77.9 Å². The van der Waals surface area contributed by atoms with Crippen LogP contribution in [-0.4, -0.2) is 58.3 Å². The standard InChI is InChI=1S/C26H28FN3O6S/c1-5-17-7-12-21(22-15-28-30(23(22)14-17)20-10-8-19(27)9-11-20)24(31)29-25(32,26(33,34)35)18(6-2)13-16(3)37(4)36/h6,8-15,32-35H,2-3,5,7H2,1,4H3,(H,29,31). The molecular weight excluding hydrogens is 501 g/mol. The summed E-state index contributed by atoms with van der Waals surface area (Å²) in [7, 11) is -1.61. The lowest BCUT2D eigenvalue weighted by molar-refractivity contribution is -0.385. The van der Waals surface area contributed by atoms with Crippen LogP contribution in [-0.2, 0) is 15.6 Å². The molecule has 1 aliphatic rings. The van der Waals surface area contributed by atoms with Crippen molar-refractivity contribution >= 4 is 28.4 Å². The molecular formula is C26H28FN3O6S. The molecule has 1 aromatic carbocycles. The summed E-state index contributed by atoms with van der Waals surface area (Å²) in [5.74, 6) is -5.27. The molecule has 0 spiro atoms. The molecule has 1 heterocycles. The summed E-state index contributed by atoms with van der Waals surface area (Å²) in [6, 6.07) is 5.60. The number of fused-ring (bicyclic) bond motifs is 1. The second-order valence-electron chi connectivity index (χ2n) is 8.33. The van der Waals surface area contributed by atoms with E-state index in [1.807, 2.05) is 13.0 Å². The van der Waals surface area contributed by atoms with E-state index < -0.39 is 39.8 Å². The van der Waals surface area contributed by atoms with E-state index in [0.717, 1.165) is 17.7 Å². The summed E-state index contributed by atoms with van der Waals surface area (Å²) < 4.78 is 26.7. The summed E-state index contributed by atoms with van der Waals surface area (Å²) >= 11 is 0. The zero-order chi connectivity index (χ0) is 27.5. The van der Waals surface area contributed by atoms with Crippen LogP contribution in [0.2, 0.25) is 0 Å². The Morgan fingerprint density at radius 2 is 1.92 bits per heavy atom. The first kappa shape index (κ1) is 28.1. The molecule has 1 amide bonds. The van der Waals surface area contributed by atoms with Gasteiger partial charge in [-0.1, -0.05) is 37.8 Å². The average Bonchev–Trinajstić information content (AvgIpc) is 3.14. The fourth-order valence-electron chi connectivity index (χ4n) is 3.70. The number of nitrogens with zero attached hydrogens (tertiary/aromatic N) is 2. The predicted molar refractivity (Wildman–Crippen MR) is 138 cm³/mol. The van der Waals surface area contributed by atoms with Gasteiger partial charge in [0, 0.05) is 38.7 Å². The number of nitrogens with one attached hydrogen (secondary N) is 1. The third-order valence-corrected chi connectivity index (χ3v) is 6.74. The molecule has 3 rings (SSSR count). The smallest absolute Gasteiger partial charge is 0.331 e. The molecule has 0 saturated carbocycles. The van der Waals surface area contributed by atoms with E-state index in [1.54, 1.807) is 6.08 Å². The van der Waals surface area contributed by atoms with Crippen molar-refractivity contribution in [1.82, 2.24) is 15.1 Å². The fraction of sp³-hybridized carbons (Fsp3) is 0.231. The van der Waals surface area contributed by atoms with Gasteiger partial charge in [0.1, 0.15) is 5.82 Å². The molecule has 1 aliphatic carbocycles. The van der Waals surface area contributed by atoms with Gasteiger partial charge < -0.3 is 25.7 Å². The minimum atomic E-state index is -3.86. The molecule has 11 heteroatoms. The molecule has 2 atom stereocenters. The molecule has 9 nitrogen and oxygen atoms in total. The molecule has 196 valence electrons. The molecule has 0 fully saturated rings. The predicted octanol–water partition coefficient (Wildman–Crippen LogP) is 2.03. The summed E-state index contributed by atoms with van der Waals surface area (Å²) in [6.45, 7) is 8.97.